The van der Waals surface area contributed by atoms with Crippen molar-refractivity contribution in [1.82, 2.24) is 9.97 Å². The average molecular weight is 518 g/mol. The van der Waals surface area contributed by atoms with Crippen LogP contribution in [0, 0.1) is 0 Å². The summed E-state index contributed by atoms with van der Waals surface area (Å²) >= 11 is 1.23. The minimum atomic E-state index is -1.01. The van der Waals surface area contributed by atoms with E-state index in [1.165, 1.54) is 34.7 Å². The molecule has 0 spiro atoms. The number of ether oxygens (including phenoxy) is 2. The third-order valence-corrected chi connectivity index (χ3v) is 6.88. The molecule has 3 heterocycles. The van der Waals surface area contributed by atoms with Crippen LogP contribution in [0.4, 0.5) is 5.13 Å². The van der Waals surface area contributed by atoms with Crippen molar-refractivity contribution in [2.75, 3.05) is 18.1 Å². The second kappa shape index (κ2) is 9.90. The molecule has 0 aliphatic carbocycles. The first-order chi connectivity index (χ1) is 17.9. The van der Waals surface area contributed by atoms with Crippen LogP contribution in [0.1, 0.15) is 31.0 Å². The maximum atomic E-state index is 13.4. The third kappa shape index (κ3) is 4.36. The standard InChI is InChI=1S/C27H23N3O6S/c1-3-35-17-6-7-18-21(14-17)37-27(29-18)30-23(16-5-8-19(31)20(13-16)36-4-2)22(25(33)26(30)34)24(32)15-9-11-28-12-10-15/h5-14,23,31-32H,3-4H2,1-2H3/b24-22+. The number of hydrogen-bond donors (Lipinski definition) is 2. The lowest BCUT2D eigenvalue weighted by molar-refractivity contribution is -0.132. The van der Waals surface area contributed by atoms with E-state index in [9.17, 15) is 19.8 Å². The Balaban J connectivity index is 1.71. The van der Waals surface area contributed by atoms with Crippen molar-refractivity contribution in [3.05, 3.63) is 77.6 Å². The largest absolute Gasteiger partial charge is 0.507 e. The zero-order valence-electron chi connectivity index (χ0n) is 20.0. The number of aliphatic hydroxyl groups excluding tert-OH is 1. The summed E-state index contributed by atoms with van der Waals surface area (Å²) in [5.74, 6) is -1.23. The highest BCUT2D eigenvalue weighted by atomic mass is 32.1. The van der Waals surface area contributed by atoms with Crippen molar-refractivity contribution < 1.29 is 29.3 Å². The summed E-state index contributed by atoms with van der Waals surface area (Å²) < 4.78 is 11.9. The van der Waals surface area contributed by atoms with Crippen LogP contribution < -0.4 is 14.4 Å². The topological polar surface area (TPSA) is 122 Å². The summed E-state index contributed by atoms with van der Waals surface area (Å²) in [5.41, 5.74) is 1.34. The minimum Gasteiger partial charge on any atom is -0.507 e. The van der Waals surface area contributed by atoms with E-state index in [1.807, 2.05) is 13.0 Å². The van der Waals surface area contributed by atoms with Gasteiger partial charge in [-0.3, -0.25) is 19.5 Å². The molecule has 1 fully saturated rings. The predicted molar refractivity (Wildman–Crippen MR) is 139 cm³/mol. The van der Waals surface area contributed by atoms with Gasteiger partial charge < -0.3 is 19.7 Å². The van der Waals surface area contributed by atoms with E-state index in [4.69, 9.17) is 9.47 Å². The van der Waals surface area contributed by atoms with Crippen LogP contribution in [0.25, 0.3) is 16.0 Å². The van der Waals surface area contributed by atoms with Gasteiger partial charge in [0.1, 0.15) is 11.5 Å². The molecule has 9 nitrogen and oxygen atoms in total. The zero-order valence-corrected chi connectivity index (χ0v) is 20.9. The molecule has 2 aromatic heterocycles. The van der Waals surface area contributed by atoms with E-state index in [1.54, 1.807) is 43.3 Å². The van der Waals surface area contributed by atoms with Crippen LogP contribution in [0.2, 0.25) is 0 Å². The van der Waals surface area contributed by atoms with Crippen LogP contribution >= 0.6 is 11.3 Å². The Morgan fingerprint density at radius 2 is 1.78 bits per heavy atom. The number of aliphatic hydroxyl groups is 1. The number of ketones is 1. The Labute approximate surface area is 216 Å². The lowest BCUT2D eigenvalue weighted by Crippen LogP contribution is -2.29. The number of Topliss-reactive ketones (excluding diaryl/α,β-unsaturated/α-hetero) is 1. The summed E-state index contributed by atoms with van der Waals surface area (Å²) in [6.45, 7) is 4.47. The Morgan fingerprint density at radius 1 is 1.03 bits per heavy atom. The number of nitrogens with zero attached hydrogens (tertiary/aromatic N) is 3. The summed E-state index contributed by atoms with van der Waals surface area (Å²) in [7, 11) is 0. The van der Waals surface area contributed by atoms with E-state index in [0.29, 0.717) is 35.6 Å². The molecular formula is C27H23N3O6S. The molecule has 5 rings (SSSR count). The van der Waals surface area contributed by atoms with Crippen molar-refractivity contribution in [2.45, 2.75) is 19.9 Å². The number of pyridine rings is 1. The molecule has 10 heteroatoms. The van der Waals surface area contributed by atoms with Crippen molar-refractivity contribution in [2.24, 2.45) is 0 Å². The van der Waals surface area contributed by atoms with E-state index in [0.717, 1.165) is 4.70 Å². The molecule has 2 N–H and O–H groups in total. The fourth-order valence-corrected chi connectivity index (χ4v) is 5.26. The Hall–Kier alpha value is -4.44. The van der Waals surface area contributed by atoms with E-state index >= 15 is 0 Å². The van der Waals surface area contributed by atoms with Gasteiger partial charge in [-0.2, -0.15) is 0 Å². The number of carbonyl (C=O) groups is 2. The fraction of sp³-hybridized carbons (Fsp3) is 0.185. The Kier molecular flexibility index (Phi) is 6.49. The summed E-state index contributed by atoms with van der Waals surface area (Å²) in [6, 6.07) is 12.1. The molecule has 0 bridgehead atoms. The quantitative estimate of drug-likeness (QED) is 0.203. The smallest absolute Gasteiger partial charge is 0.301 e. The molecule has 0 saturated carbocycles. The number of phenols is 1. The lowest BCUT2D eigenvalue weighted by Gasteiger charge is -2.23. The maximum Gasteiger partial charge on any atom is 0.301 e. The molecule has 1 atom stereocenters. The number of hydrogen-bond acceptors (Lipinski definition) is 9. The van der Waals surface area contributed by atoms with Gasteiger partial charge >= 0.3 is 5.91 Å². The van der Waals surface area contributed by atoms with Crippen LogP contribution in [-0.4, -0.2) is 45.1 Å². The van der Waals surface area contributed by atoms with Gasteiger partial charge in [-0.15, -0.1) is 0 Å². The highest BCUT2D eigenvalue weighted by Crippen LogP contribution is 2.46. The Morgan fingerprint density at radius 3 is 2.51 bits per heavy atom. The minimum absolute atomic E-state index is 0.0832. The van der Waals surface area contributed by atoms with Gasteiger partial charge in [0, 0.05) is 18.0 Å². The van der Waals surface area contributed by atoms with Gasteiger partial charge in [0.25, 0.3) is 5.78 Å². The number of phenolic OH excluding ortho intramolecular Hbond substituents is 1. The first-order valence-corrected chi connectivity index (χ1v) is 12.4. The number of fused-ring (bicyclic) bond motifs is 1. The highest BCUT2D eigenvalue weighted by molar-refractivity contribution is 7.22. The number of aromatic hydroxyl groups is 1. The van der Waals surface area contributed by atoms with Crippen molar-refractivity contribution in [3.63, 3.8) is 0 Å². The Bertz CT molecular complexity index is 1530. The second-order valence-corrected chi connectivity index (χ2v) is 9.13. The van der Waals surface area contributed by atoms with Crippen LogP contribution in [0.3, 0.4) is 0 Å². The number of carbonyl (C=O) groups excluding carboxylic acids is 2. The van der Waals surface area contributed by atoms with E-state index in [2.05, 4.69) is 9.97 Å². The second-order valence-electron chi connectivity index (χ2n) is 8.12. The third-order valence-electron chi connectivity index (χ3n) is 5.86. The van der Waals surface area contributed by atoms with Crippen LogP contribution in [-0.2, 0) is 9.59 Å². The molecule has 1 unspecified atom stereocenters. The first kappa shape index (κ1) is 24.3. The number of rotatable bonds is 7. The van der Waals surface area contributed by atoms with Gasteiger partial charge in [-0.25, -0.2) is 4.98 Å². The highest BCUT2D eigenvalue weighted by Gasteiger charge is 2.48. The number of aromatic nitrogens is 2. The molecule has 2 aromatic carbocycles. The summed E-state index contributed by atoms with van der Waals surface area (Å²) in [6.07, 6.45) is 2.97. The number of anilines is 1. The van der Waals surface area contributed by atoms with E-state index < -0.39 is 17.7 Å². The molecule has 188 valence electrons. The number of benzene rings is 2. The summed E-state index contributed by atoms with van der Waals surface area (Å²) in [5, 5.41) is 21.7. The number of thiazole rings is 1. The van der Waals surface area contributed by atoms with Crippen LogP contribution in [0.15, 0.2) is 66.5 Å². The molecule has 37 heavy (non-hydrogen) atoms. The average Bonchev–Trinajstić information content (AvgIpc) is 3.43. The lowest BCUT2D eigenvalue weighted by atomic mass is 9.95. The molecular weight excluding hydrogens is 494 g/mol. The van der Waals surface area contributed by atoms with Gasteiger partial charge in [-0.05, 0) is 61.9 Å². The monoisotopic (exact) mass is 517 g/mol. The molecule has 1 amide bonds. The van der Waals surface area contributed by atoms with Crippen molar-refractivity contribution in [3.8, 4) is 17.2 Å². The van der Waals surface area contributed by atoms with Gasteiger partial charge in [0.05, 0.1) is 35.0 Å². The van der Waals surface area contributed by atoms with Gasteiger partial charge in [-0.1, -0.05) is 17.4 Å². The molecule has 0 radical (unpaired) electrons. The SMILES string of the molecule is CCOc1ccc2nc(N3C(=O)C(=O)/C(=C(/O)c4ccncc4)C3c3ccc(O)c(OCC)c3)sc2c1. The predicted octanol–water partition coefficient (Wildman–Crippen LogP) is 4.82. The molecule has 1 aliphatic heterocycles. The number of amides is 1. The first-order valence-electron chi connectivity index (χ1n) is 11.6. The van der Waals surface area contributed by atoms with Gasteiger partial charge in [0.15, 0.2) is 16.6 Å². The van der Waals surface area contributed by atoms with Crippen molar-refractivity contribution in [1.29, 1.82) is 0 Å². The van der Waals surface area contributed by atoms with Crippen LogP contribution in [0.5, 0.6) is 17.2 Å². The maximum absolute atomic E-state index is 13.4. The molecule has 4 aromatic rings. The fourth-order valence-electron chi connectivity index (χ4n) is 4.23. The normalized spacial score (nSPS) is 16.9. The zero-order chi connectivity index (χ0) is 26.1. The molecule has 1 aliphatic rings. The summed E-state index contributed by atoms with van der Waals surface area (Å²) in [4.78, 5) is 36.7. The van der Waals surface area contributed by atoms with Crippen molar-refractivity contribution >= 4 is 44.1 Å². The van der Waals surface area contributed by atoms with E-state index in [-0.39, 0.29) is 28.0 Å². The van der Waals surface area contributed by atoms with Gasteiger partial charge in [0.2, 0.25) is 0 Å². The molecule has 1 saturated heterocycles.